The van der Waals surface area contributed by atoms with Gasteiger partial charge in [-0.25, -0.2) is 0 Å². The maximum Gasteiger partial charge on any atom is 0.138 e. The number of aryl methyl sites for hydroxylation is 1. The summed E-state index contributed by atoms with van der Waals surface area (Å²) in [6, 6.07) is 19.0. The number of Topliss-reactive ketones (excluding diaryl/α,β-unsaturated/α-hetero) is 1. The number of nitrogens with one attached hydrogen (secondary N) is 1. The van der Waals surface area contributed by atoms with Crippen LogP contribution in [0.25, 0.3) is 0 Å². The number of carbonyl (C=O) groups excluding carboxylic acids is 1. The molecule has 120 valence electrons. The normalized spacial score (nSPS) is 19.3. The van der Waals surface area contributed by atoms with Gasteiger partial charge in [0.15, 0.2) is 0 Å². The molecular weight excluding hydrogens is 282 g/mol. The summed E-state index contributed by atoms with van der Waals surface area (Å²) in [4.78, 5) is 12.5. The quantitative estimate of drug-likeness (QED) is 0.826. The number of rotatable bonds is 5. The van der Waals surface area contributed by atoms with E-state index in [1.165, 1.54) is 11.1 Å². The smallest absolute Gasteiger partial charge is 0.138 e. The molecule has 1 fully saturated rings. The molecule has 0 bridgehead atoms. The van der Waals surface area contributed by atoms with Crippen molar-refractivity contribution in [3.8, 4) is 0 Å². The van der Waals surface area contributed by atoms with Crippen molar-refractivity contribution in [3.63, 3.8) is 0 Å². The maximum absolute atomic E-state index is 12.5. The van der Waals surface area contributed by atoms with E-state index in [1.807, 2.05) is 6.07 Å². The zero-order chi connectivity index (χ0) is 16.1. The molecule has 0 heterocycles. The fraction of sp³-hybridized carbons (Fsp3) is 0.381. The lowest BCUT2D eigenvalue weighted by Gasteiger charge is -2.31. The summed E-state index contributed by atoms with van der Waals surface area (Å²) in [6.45, 7) is 2.16. The van der Waals surface area contributed by atoms with Gasteiger partial charge in [-0.15, -0.1) is 0 Å². The first-order valence-corrected chi connectivity index (χ1v) is 8.71. The first kappa shape index (κ1) is 15.8. The third-order valence-corrected chi connectivity index (χ3v) is 4.85. The molecule has 0 aromatic heterocycles. The van der Waals surface area contributed by atoms with E-state index in [9.17, 15) is 4.79 Å². The number of anilines is 1. The van der Waals surface area contributed by atoms with Crippen molar-refractivity contribution < 1.29 is 4.79 Å². The minimum atomic E-state index is 0.0662. The first-order chi connectivity index (χ1) is 11.3. The Balaban J connectivity index is 1.86. The first-order valence-electron chi connectivity index (χ1n) is 8.71. The zero-order valence-electron chi connectivity index (χ0n) is 13.8. The molecule has 23 heavy (non-hydrogen) atoms. The Kier molecular flexibility index (Phi) is 5.12. The summed E-state index contributed by atoms with van der Waals surface area (Å²) in [6.07, 6.45) is 4.95. The van der Waals surface area contributed by atoms with Gasteiger partial charge in [0.05, 0.1) is 6.04 Å². The molecule has 1 N–H and O–H groups in total. The topological polar surface area (TPSA) is 29.1 Å². The van der Waals surface area contributed by atoms with Crippen molar-refractivity contribution in [1.82, 2.24) is 0 Å². The van der Waals surface area contributed by atoms with Crippen LogP contribution in [0.3, 0.4) is 0 Å². The standard InChI is InChI=1S/C21H25NO/c1-2-16-12-14-18(15-13-16)22-21(17-8-4-3-5-9-17)19-10-6-7-11-20(19)23/h3-5,8-9,12-15,19,21-22H,2,6-7,10-11H2,1H3. The molecule has 1 aliphatic carbocycles. The Morgan fingerprint density at radius 1 is 1.04 bits per heavy atom. The highest BCUT2D eigenvalue weighted by molar-refractivity contribution is 5.83. The molecule has 0 radical (unpaired) electrons. The number of hydrogen-bond acceptors (Lipinski definition) is 2. The van der Waals surface area contributed by atoms with Gasteiger partial charge < -0.3 is 5.32 Å². The average Bonchev–Trinajstić information content (AvgIpc) is 2.62. The number of carbonyl (C=O) groups is 1. The van der Waals surface area contributed by atoms with Crippen LogP contribution in [0, 0.1) is 5.92 Å². The van der Waals surface area contributed by atoms with Crippen LogP contribution in [0.2, 0.25) is 0 Å². The second-order valence-corrected chi connectivity index (χ2v) is 6.40. The van der Waals surface area contributed by atoms with Crippen LogP contribution in [0.4, 0.5) is 5.69 Å². The summed E-state index contributed by atoms with van der Waals surface area (Å²) in [5, 5.41) is 3.63. The molecule has 0 aliphatic heterocycles. The van der Waals surface area contributed by atoms with Crippen molar-refractivity contribution in [2.75, 3.05) is 5.32 Å². The van der Waals surface area contributed by atoms with Gasteiger partial charge in [-0.05, 0) is 42.5 Å². The minimum Gasteiger partial charge on any atom is -0.378 e. The molecule has 2 nitrogen and oxygen atoms in total. The summed E-state index contributed by atoms with van der Waals surface area (Å²) in [5.74, 6) is 0.486. The number of hydrogen-bond donors (Lipinski definition) is 1. The monoisotopic (exact) mass is 307 g/mol. The van der Waals surface area contributed by atoms with E-state index in [-0.39, 0.29) is 12.0 Å². The van der Waals surface area contributed by atoms with E-state index in [4.69, 9.17) is 0 Å². The van der Waals surface area contributed by atoms with E-state index < -0.39 is 0 Å². The number of benzene rings is 2. The van der Waals surface area contributed by atoms with Crippen molar-refractivity contribution >= 4 is 11.5 Å². The lowest BCUT2D eigenvalue weighted by Crippen LogP contribution is -2.30. The average molecular weight is 307 g/mol. The van der Waals surface area contributed by atoms with Gasteiger partial charge in [0.2, 0.25) is 0 Å². The van der Waals surface area contributed by atoms with Crippen molar-refractivity contribution in [3.05, 3.63) is 65.7 Å². The van der Waals surface area contributed by atoms with Crippen molar-refractivity contribution in [2.24, 2.45) is 5.92 Å². The molecule has 2 atom stereocenters. The van der Waals surface area contributed by atoms with Gasteiger partial charge in [0.1, 0.15) is 5.78 Å². The van der Waals surface area contributed by atoms with Crippen LogP contribution >= 0.6 is 0 Å². The predicted octanol–water partition coefficient (Wildman–Crippen LogP) is 5.16. The van der Waals surface area contributed by atoms with E-state index in [0.29, 0.717) is 5.78 Å². The Bertz CT molecular complexity index is 633. The SMILES string of the molecule is CCc1ccc(NC(c2ccccc2)C2CCCCC2=O)cc1. The van der Waals surface area contributed by atoms with E-state index in [2.05, 4.69) is 60.8 Å². The van der Waals surface area contributed by atoms with Crippen molar-refractivity contribution in [2.45, 2.75) is 45.1 Å². The van der Waals surface area contributed by atoms with E-state index in [1.54, 1.807) is 0 Å². The third kappa shape index (κ3) is 3.82. The molecule has 2 heteroatoms. The lowest BCUT2D eigenvalue weighted by molar-refractivity contribution is -0.125. The van der Waals surface area contributed by atoms with Crippen LogP contribution in [0.5, 0.6) is 0 Å². The maximum atomic E-state index is 12.5. The largest absolute Gasteiger partial charge is 0.378 e. The highest BCUT2D eigenvalue weighted by atomic mass is 16.1. The summed E-state index contributed by atoms with van der Waals surface area (Å²) >= 11 is 0. The minimum absolute atomic E-state index is 0.0662. The Hall–Kier alpha value is -2.09. The third-order valence-electron chi connectivity index (χ3n) is 4.85. The highest BCUT2D eigenvalue weighted by Gasteiger charge is 2.31. The molecule has 0 saturated heterocycles. The molecule has 0 spiro atoms. The highest BCUT2D eigenvalue weighted by Crippen LogP contribution is 2.34. The van der Waals surface area contributed by atoms with E-state index >= 15 is 0 Å². The fourth-order valence-corrected chi connectivity index (χ4v) is 3.46. The van der Waals surface area contributed by atoms with E-state index in [0.717, 1.165) is 37.8 Å². The number of ketones is 1. The van der Waals surface area contributed by atoms with Gasteiger partial charge in [-0.3, -0.25) is 4.79 Å². The van der Waals surface area contributed by atoms with Crippen molar-refractivity contribution in [1.29, 1.82) is 0 Å². The van der Waals surface area contributed by atoms with Gasteiger partial charge in [0.25, 0.3) is 0 Å². The Morgan fingerprint density at radius 2 is 1.78 bits per heavy atom. The Labute approximate surface area is 138 Å². The second-order valence-electron chi connectivity index (χ2n) is 6.40. The van der Waals surface area contributed by atoms with Crippen LogP contribution in [-0.2, 0) is 11.2 Å². The van der Waals surface area contributed by atoms with Gasteiger partial charge in [-0.1, -0.05) is 55.8 Å². The van der Waals surface area contributed by atoms with Crippen LogP contribution in [0.1, 0.15) is 49.8 Å². The summed E-state index contributed by atoms with van der Waals surface area (Å²) < 4.78 is 0. The molecule has 1 saturated carbocycles. The predicted molar refractivity (Wildman–Crippen MR) is 95.6 cm³/mol. The Morgan fingerprint density at radius 3 is 2.43 bits per heavy atom. The molecule has 3 rings (SSSR count). The molecule has 1 aliphatic rings. The van der Waals surface area contributed by atoms with Gasteiger partial charge >= 0.3 is 0 Å². The van der Waals surface area contributed by atoms with Crippen LogP contribution in [0.15, 0.2) is 54.6 Å². The molecule has 0 amide bonds. The zero-order valence-corrected chi connectivity index (χ0v) is 13.8. The molecular formula is C21H25NO. The van der Waals surface area contributed by atoms with Crippen LogP contribution in [-0.4, -0.2) is 5.78 Å². The second kappa shape index (κ2) is 7.45. The van der Waals surface area contributed by atoms with Gasteiger partial charge in [0, 0.05) is 18.0 Å². The molecule has 2 aromatic carbocycles. The van der Waals surface area contributed by atoms with Crippen LogP contribution < -0.4 is 5.32 Å². The summed E-state index contributed by atoms with van der Waals surface area (Å²) in [7, 11) is 0. The summed E-state index contributed by atoms with van der Waals surface area (Å²) in [5.41, 5.74) is 3.63. The molecule has 2 unspecified atom stereocenters. The fourth-order valence-electron chi connectivity index (χ4n) is 3.46. The van der Waals surface area contributed by atoms with Gasteiger partial charge in [-0.2, -0.15) is 0 Å². The lowest BCUT2D eigenvalue weighted by atomic mass is 9.80. The molecule has 2 aromatic rings.